The standard InChI is InChI=1S/C19H16INO4/c20-15-3-1-2-4-17(15)25-14-9-5-12(6-10-14)11-16(19(23)24)21-18(22)13-7-8-13/h1-6,9-11,13H,7-8H2,(H,21,22)(H,23,24)/b16-11+. The van der Waals surface area contributed by atoms with E-state index in [2.05, 4.69) is 27.9 Å². The molecule has 0 atom stereocenters. The molecule has 25 heavy (non-hydrogen) atoms. The Labute approximate surface area is 158 Å². The summed E-state index contributed by atoms with van der Waals surface area (Å²) in [6, 6.07) is 14.7. The van der Waals surface area contributed by atoms with E-state index in [0.29, 0.717) is 11.3 Å². The lowest BCUT2D eigenvalue weighted by molar-refractivity contribution is -0.134. The third-order valence-corrected chi connectivity index (χ3v) is 4.58. The van der Waals surface area contributed by atoms with Crippen molar-refractivity contribution in [1.82, 2.24) is 5.32 Å². The third kappa shape index (κ3) is 4.82. The lowest BCUT2D eigenvalue weighted by Gasteiger charge is -2.08. The van der Waals surface area contributed by atoms with Gasteiger partial charge in [-0.2, -0.15) is 0 Å². The van der Waals surface area contributed by atoms with Gasteiger partial charge in [0, 0.05) is 5.92 Å². The van der Waals surface area contributed by atoms with Gasteiger partial charge in [0.25, 0.3) is 0 Å². The van der Waals surface area contributed by atoms with E-state index < -0.39 is 5.97 Å². The predicted octanol–water partition coefficient (Wildman–Crippen LogP) is 4.04. The first-order valence-electron chi connectivity index (χ1n) is 7.81. The number of hydrogen-bond donors (Lipinski definition) is 2. The van der Waals surface area contributed by atoms with E-state index in [9.17, 15) is 14.7 Å². The van der Waals surface area contributed by atoms with Gasteiger partial charge in [-0.15, -0.1) is 0 Å². The van der Waals surface area contributed by atoms with Crippen LogP contribution >= 0.6 is 22.6 Å². The van der Waals surface area contributed by atoms with Gasteiger partial charge in [-0.1, -0.05) is 24.3 Å². The minimum Gasteiger partial charge on any atom is -0.477 e. The smallest absolute Gasteiger partial charge is 0.352 e. The molecule has 2 aromatic carbocycles. The van der Waals surface area contributed by atoms with Crippen molar-refractivity contribution >= 4 is 40.5 Å². The lowest BCUT2D eigenvalue weighted by Crippen LogP contribution is -2.28. The highest BCUT2D eigenvalue weighted by atomic mass is 127. The summed E-state index contributed by atoms with van der Waals surface area (Å²) >= 11 is 2.20. The van der Waals surface area contributed by atoms with Gasteiger partial charge < -0.3 is 15.2 Å². The zero-order chi connectivity index (χ0) is 17.8. The number of para-hydroxylation sites is 1. The van der Waals surface area contributed by atoms with Crippen LogP contribution in [0.1, 0.15) is 18.4 Å². The van der Waals surface area contributed by atoms with Crippen molar-refractivity contribution in [3.8, 4) is 11.5 Å². The molecule has 128 valence electrons. The maximum Gasteiger partial charge on any atom is 0.352 e. The molecule has 2 N–H and O–H groups in total. The molecule has 1 amide bonds. The van der Waals surface area contributed by atoms with Gasteiger partial charge in [0.15, 0.2) is 0 Å². The van der Waals surface area contributed by atoms with Crippen LogP contribution in [0.15, 0.2) is 54.2 Å². The molecule has 0 heterocycles. The molecule has 0 aromatic heterocycles. The first-order valence-corrected chi connectivity index (χ1v) is 8.89. The summed E-state index contributed by atoms with van der Waals surface area (Å²) in [5.74, 6) is -0.0261. The van der Waals surface area contributed by atoms with Crippen LogP contribution in [-0.2, 0) is 9.59 Å². The summed E-state index contributed by atoms with van der Waals surface area (Å²) in [5, 5.41) is 11.7. The predicted molar refractivity (Wildman–Crippen MR) is 102 cm³/mol. The normalized spacial score (nSPS) is 14.0. The van der Waals surface area contributed by atoms with E-state index >= 15 is 0 Å². The molecule has 2 aromatic rings. The maximum absolute atomic E-state index is 11.8. The molecular weight excluding hydrogens is 433 g/mol. The summed E-state index contributed by atoms with van der Waals surface area (Å²) in [4.78, 5) is 23.1. The summed E-state index contributed by atoms with van der Waals surface area (Å²) in [5.41, 5.74) is 0.548. The van der Waals surface area contributed by atoms with Crippen LogP contribution < -0.4 is 10.1 Å². The summed E-state index contributed by atoms with van der Waals surface area (Å²) in [6.45, 7) is 0. The number of ether oxygens (including phenoxy) is 1. The number of hydrogen-bond acceptors (Lipinski definition) is 3. The number of halogens is 1. The Hall–Kier alpha value is -2.35. The van der Waals surface area contributed by atoms with E-state index in [-0.39, 0.29) is 17.5 Å². The van der Waals surface area contributed by atoms with Gasteiger partial charge in [-0.3, -0.25) is 4.79 Å². The van der Waals surface area contributed by atoms with Crippen LogP contribution in [0.3, 0.4) is 0 Å². The fourth-order valence-corrected chi connectivity index (χ4v) is 2.68. The fourth-order valence-electron chi connectivity index (χ4n) is 2.18. The Morgan fingerprint density at radius 3 is 2.40 bits per heavy atom. The molecule has 5 nitrogen and oxygen atoms in total. The summed E-state index contributed by atoms with van der Waals surface area (Å²) < 4.78 is 6.81. The molecule has 0 aliphatic heterocycles. The highest BCUT2D eigenvalue weighted by molar-refractivity contribution is 14.1. The highest BCUT2D eigenvalue weighted by Gasteiger charge is 2.30. The molecule has 0 bridgehead atoms. The Morgan fingerprint density at radius 1 is 1.12 bits per heavy atom. The Morgan fingerprint density at radius 2 is 1.80 bits per heavy atom. The number of carboxylic acid groups (broad SMARTS) is 1. The molecule has 1 aliphatic carbocycles. The van der Waals surface area contributed by atoms with Gasteiger partial charge in [0.05, 0.1) is 3.57 Å². The lowest BCUT2D eigenvalue weighted by atomic mass is 10.2. The van der Waals surface area contributed by atoms with Crippen molar-refractivity contribution in [2.24, 2.45) is 5.92 Å². The van der Waals surface area contributed by atoms with Crippen molar-refractivity contribution in [2.45, 2.75) is 12.8 Å². The van der Waals surface area contributed by atoms with Crippen LogP contribution in [0, 0.1) is 9.49 Å². The molecule has 1 saturated carbocycles. The average molecular weight is 449 g/mol. The van der Waals surface area contributed by atoms with Crippen LogP contribution in [0.5, 0.6) is 11.5 Å². The molecule has 0 saturated heterocycles. The minimum atomic E-state index is -1.16. The van der Waals surface area contributed by atoms with Crippen LogP contribution in [0.4, 0.5) is 0 Å². The number of amides is 1. The number of carboxylic acids is 1. The summed E-state index contributed by atoms with van der Waals surface area (Å²) in [6.07, 6.45) is 3.09. The average Bonchev–Trinajstić information content (AvgIpc) is 3.43. The second-order valence-corrected chi connectivity index (χ2v) is 6.89. The van der Waals surface area contributed by atoms with Gasteiger partial charge in [0.1, 0.15) is 17.2 Å². The van der Waals surface area contributed by atoms with Crippen molar-refractivity contribution in [3.63, 3.8) is 0 Å². The van der Waals surface area contributed by atoms with Gasteiger partial charge in [-0.25, -0.2) is 4.79 Å². The molecule has 0 unspecified atom stereocenters. The molecule has 1 aliphatic rings. The number of nitrogens with one attached hydrogen (secondary N) is 1. The second kappa shape index (κ2) is 7.69. The third-order valence-electron chi connectivity index (χ3n) is 3.69. The van der Waals surface area contributed by atoms with Crippen molar-refractivity contribution < 1.29 is 19.4 Å². The highest BCUT2D eigenvalue weighted by Crippen LogP contribution is 2.29. The Balaban J connectivity index is 1.72. The largest absolute Gasteiger partial charge is 0.477 e. The Bertz CT molecular complexity index is 826. The second-order valence-electron chi connectivity index (χ2n) is 5.73. The quantitative estimate of drug-likeness (QED) is 0.516. The van der Waals surface area contributed by atoms with Crippen molar-refractivity contribution in [1.29, 1.82) is 0 Å². The van der Waals surface area contributed by atoms with E-state index in [1.807, 2.05) is 24.3 Å². The van der Waals surface area contributed by atoms with Crippen molar-refractivity contribution in [2.75, 3.05) is 0 Å². The number of carbonyl (C=O) groups excluding carboxylic acids is 1. The molecule has 0 spiro atoms. The van der Waals surface area contributed by atoms with Crippen molar-refractivity contribution in [3.05, 3.63) is 63.4 Å². The number of rotatable bonds is 6. The van der Waals surface area contributed by atoms with Gasteiger partial charge >= 0.3 is 5.97 Å². The molecule has 3 rings (SSSR count). The molecule has 6 heteroatoms. The van der Waals surface area contributed by atoms with Gasteiger partial charge in [0.2, 0.25) is 5.91 Å². The molecular formula is C19H16INO4. The van der Waals surface area contributed by atoms with E-state index in [0.717, 1.165) is 22.2 Å². The van der Waals surface area contributed by atoms with Crippen LogP contribution in [-0.4, -0.2) is 17.0 Å². The van der Waals surface area contributed by atoms with E-state index in [1.165, 1.54) is 6.08 Å². The van der Waals surface area contributed by atoms with Crippen LogP contribution in [0.2, 0.25) is 0 Å². The fraction of sp³-hybridized carbons (Fsp3) is 0.158. The zero-order valence-corrected chi connectivity index (χ0v) is 15.4. The monoisotopic (exact) mass is 449 g/mol. The molecule has 0 radical (unpaired) electrons. The maximum atomic E-state index is 11.8. The van der Waals surface area contributed by atoms with Crippen LogP contribution in [0.25, 0.3) is 6.08 Å². The Kier molecular flexibility index (Phi) is 5.37. The molecule has 1 fully saturated rings. The number of carbonyl (C=O) groups is 2. The van der Waals surface area contributed by atoms with Gasteiger partial charge in [-0.05, 0) is 71.3 Å². The zero-order valence-electron chi connectivity index (χ0n) is 13.2. The summed E-state index contributed by atoms with van der Waals surface area (Å²) in [7, 11) is 0. The minimum absolute atomic E-state index is 0.0492. The first kappa shape index (κ1) is 17.5. The number of benzene rings is 2. The van der Waals surface area contributed by atoms with E-state index in [1.54, 1.807) is 24.3 Å². The SMILES string of the molecule is O=C(O)/C(=C\c1ccc(Oc2ccccc2I)cc1)NC(=O)C1CC1. The van der Waals surface area contributed by atoms with E-state index in [4.69, 9.17) is 4.74 Å². The first-order chi connectivity index (χ1) is 12.0. The number of aliphatic carboxylic acids is 1. The topological polar surface area (TPSA) is 75.6 Å².